The lowest BCUT2D eigenvalue weighted by molar-refractivity contribution is -0.122. The van der Waals surface area contributed by atoms with E-state index in [1.54, 1.807) is 12.1 Å². The van der Waals surface area contributed by atoms with Gasteiger partial charge in [0.2, 0.25) is 0 Å². The van der Waals surface area contributed by atoms with Gasteiger partial charge in [0.05, 0.1) is 17.8 Å². The maximum absolute atomic E-state index is 13.1. The summed E-state index contributed by atoms with van der Waals surface area (Å²) in [5.74, 6) is -1.08. The first kappa shape index (κ1) is 24.6. The molecule has 10 heteroatoms. The number of anilines is 1. The number of carbonyl (C=O) groups is 3. The van der Waals surface area contributed by atoms with Crippen LogP contribution in [-0.4, -0.2) is 25.0 Å². The fraction of sp³-hybridized carbons (Fsp3) is 0.0800. The second kappa shape index (κ2) is 10.4. The lowest BCUT2D eigenvalue weighted by atomic mass is 10.1. The van der Waals surface area contributed by atoms with Gasteiger partial charge in [-0.15, -0.1) is 0 Å². The molecule has 1 aliphatic heterocycles. The first-order chi connectivity index (χ1) is 16.8. The molecule has 0 spiro atoms. The third kappa shape index (κ3) is 5.27. The topological polar surface area (TPSA) is 84.9 Å². The number of rotatable bonds is 6. The van der Waals surface area contributed by atoms with Crippen LogP contribution in [0.1, 0.15) is 11.1 Å². The van der Waals surface area contributed by atoms with Crippen LogP contribution in [0.25, 0.3) is 6.08 Å². The highest BCUT2D eigenvalue weighted by Gasteiger charge is 2.36. The zero-order chi connectivity index (χ0) is 25.1. The average molecular weight is 532 g/mol. The van der Waals surface area contributed by atoms with Crippen molar-refractivity contribution >= 4 is 64.4 Å². The van der Waals surface area contributed by atoms with Crippen LogP contribution in [0.5, 0.6) is 11.5 Å². The maximum Gasteiger partial charge on any atom is 0.335 e. The van der Waals surface area contributed by atoms with Crippen LogP contribution in [0, 0.1) is 0 Å². The number of barbiturate groups is 1. The summed E-state index contributed by atoms with van der Waals surface area (Å²) < 4.78 is 11.3. The molecule has 0 radical (unpaired) electrons. The van der Waals surface area contributed by atoms with E-state index in [0.717, 1.165) is 10.5 Å². The standard InChI is InChI=1S/C25H17Cl3N2O5/c1-34-21-12-14(11-20(28)22(21)35-13-15-4-2-3-5-19(15)27)10-18-23(31)29-25(33)30(24(18)32)17-8-6-16(26)7-9-17/h2-12H,13H2,1H3,(H,29,31,33)/b18-10+. The Labute approximate surface area is 215 Å². The van der Waals surface area contributed by atoms with Crippen molar-refractivity contribution in [1.29, 1.82) is 0 Å². The summed E-state index contributed by atoms with van der Waals surface area (Å²) in [5, 5.41) is 3.34. The van der Waals surface area contributed by atoms with Crippen LogP contribution in [0.3, 0.4) is 0 Å². The van der Waals surface area contributed by atoms with E-state index in [4.69, 9.17) is 44.3 Å². The van der Waals surface area contributed by atoms with E-state index in [0.29, 0.717) is 15.6 Å². The molecule has 3 aromatic rings. The molecule has 0 aromatic heterocycles. The van der Waals surface area contributed by atoms with Crippen molar-refractivity contribution in [2.24, 2.45) is 0 Å². The molecule has 0 atom stereocenters. The van der Waals surface area contributed by atoms with Crippen LogP contribution in [0.15, 0.2) is 66.2 Å². The summed E-state index contributed by atoms with van der Waals surface area (Å²) >= 11 is 18.5. The highest BCUT2D eigenvalue weighted by Crippen LogP contribution is 2.38. The summed E-state index contributed by atoms with van der Waals surface area (Å²) in [6.07, 6.45) is 1.32. The molecule has 4 rings (SSSR count). The van der Waals surface area contributed by atoms with Crippen LogP contribution in [-0.2, 0) is 16.2 Å². The summed E-state index contributed by atoms with van der Waals surface area (Å²) in [6, 6.07) is 15.5. The first-order valence-corrected chi connectivity index (χ1v) is 11.3. The van der Waals surface area contributed by atoms with Gasteiger partial charge in [-0.25, -0.2) is 9.69 Å². The van der Waals surface area contributed by atoms with Crippen LogP contribution in [0.2, 0.25) is 15.1 Å². The highest BCUT2D eigenvalue weighted by atomic mass is 35.5. The van der Waals surface area contributed by atoms with Gasteiger partial charge in [-0.3, -0.25) is 14.9 Å². The number of nitrogens with one attached hydrogen (secondary N) is 1. The minimum atomic E-state index is -0.863. The van der Waals surface area contributed by atoms with Gasteiger partial charge in [-0.2, -0.15) is 0 Å². The van der Waals surface area contributed by atoms with Crippen molar-refractivity contribution in [2.45, 2.75) is 6.61 Å². The molecule has 1 saturated heterocycles. The maximum atomic E-state index is 13.1. The van der Waals surface area contributed by atoms with E-state index in [1.807, 2.05) is 18.2 Å². The van der Waals surface area contributed by atoms with E-state index < -0.39 is 17.8 Å². The number of carbonyl (C=O) groups excluding carboxylic acids is 3. The van der Waals surface area contributed by atoms with Crippen LogP contribution in [0.4, 0.5) is 10.5 Å². The molecule has 0 saturated carbocycles. The number of methoxy groups -OCH3 is 1. The smallest absolute Gasteiger partial charge is 0.335 e. The monoisotopic (exact) mass is 530 g/mol. The minimum Gasteiger partial charge on any atom is -0.493 e. The van der Waals surface area contributed by atoms with Gasteiger partial charge < -0.3 is 9.47 Å². The van der Waals surface area contributed by atoms with Crippen molar-refractivity contribution in [1.82, 2.24) is 5.32 Å². The number of hydrogen-bond acceptors (Lipinski definition) is 5. The molecule has 1 aliphatic rings. The molecule has 35 heavy (non-hydrogen) atoms. The first-order valence-electron chi connectivity index (χ1n) is 10.2. The summed E-state index contributed by atoms with van der Waals surface area (Å²) in [5.41, 5.74) is 1.15. The normalized spacial score (nSPS) is 14.8. The predicted octanol–water partition coefficient (Wildman–Crippen LogP) is 5.90. The number of hydrogen-bond donors (Lipinski definition) is 1. The van der Waals surface area contributed by atoms with Crippen molar-refractivity contribution in [3.8, 4) is 11.5 Å². The molecule has 7 nitrogen and oxygen atoms in total. The van der Waals surface area contributed by atoms with Crippen molar-refractivity contribution in [3.63, 3.8) is 0 Å². The predicted molar refractivity (Wildman–Crippen MR) is 134 cm³/mol. The molecule has 0 bridgehead atoms. The Balaban J connectivity index is 1.64. The number of urea groups is 1. The number of imide groups is 2. The van der Waals surface area contributed by atoms with Gasteiger partial charge in [0, 0.05) is 15.6 Å². The Hall–Kier alpha value is -3.52. The SMILES string of the molecule is COc1cc(/C=C2\C(=O)NC(=O)N(c3ccc(Cl)cc3)C2=O)cc(Cl)c1OCc1ccccc1Cl. The molecule has 1 N–H and O–H groups in total. The van der Waals surface area contributed by atoms with Gasteiger partial charge in [0.25, 0.3) is 11.8 Å². The van der Waals surface area contributed by atoms with Gasteiger partial charge >= 0.3 is 6.03 Å². The molecule has 0 aliphatic carbocycles. The number of halogens is 3. The lowest BCUT2D eigenvalue weighted by Gasteiger charge is -2.26. The van der Waals surface area contributed by atoms with E-state index in [9.17, 15) is 14.4 Å². The van der Waals surface area contributed by atoms with Crippen molar-refractivity contribution in [3.05, 3.63) is 92.4 Å². The number of amides is 4. The Morgan fingerprint density at radius 3 is 2.34 bits per heavy atom. The summed E-state index contributed by atoms with van der Waals surface area (Å²) in [7, 11) is 1.43. The van der Waals surface area contributed by atoms with E-state index in [2.05, 4.69) is 5.32 Å². The molecule has 0 unspecified atom stereocenters. The summed E-state index contributed by atoms with van der Waals surface area (Å²) in [6.45, 7) is 0.148. The quantitative estimate of drug-likeness (QED) is 0.316. The van der Waals surface area contributed by atoms with Gasteiger partial charge in [0.15, 0.2) is 11.5 Å². The molecule has 178 valence electrons. The Morgan fingerprint density at radius 1 is 0.943 bits per heavy atom. The third-order valence-electron chi connectivity index (χ3n) is 5.08. The minimum absolute atomic E-state index is 0.148. The number of nitrogens with zero attached hydrogens (tertiary/aromatic N) is 1. The van der Waals surface area contributed by atoms with Crippen molar-refractivity contribution in [2.75, 3.05) is 12.0 Å². The molecular weight excluding hydrogens is 515 g/mol. The van der Waals surface area contributed by atoms with Gasteiger partial charge in [-0.1, -0.05) is 53.0 Å². The molecule has 1 fully saturated rings. The molecule has 1 heterocycles. The van der Waals surface area contributed by atoms with Crippen LogP contribution < -0.4 is 19.7 Å². The largest absolute Gasteiger partial charge is 0.493 e. The number of ether oxygens (including phenoxy) is 2. The lowest BCUT2D eigenvalue weighted by Crippen LogP contribution is -2.54. The Morgan fingerprint density at radius 2 is 1.66 bits per heavy atom. The van der Waals surface area contributed by atoms with Crippen molar-refractivity contribution < 1.29 is 23.9 Å². The average Bonchev–Trinajstić information content (AvgIpc) is 2.83. The Bertz CT molecular complexity index is 1360. The fourth-order valence-electron chi connectivity index (χ4n) is 3.38. The number of benzene rings is 3. The van der Waals surface area contributed by atoms with E-state index in [-0.39, 0.29) is 34.4 Å². The molecule has 4 amide bonds. The van der Waals surface area contributed by atoms with Gasteiger partial charge in [-0.05, 0) is 54.1 Å². The van der Waals surface area contributed by atoms with Gasteiger partial charge in [0.1, 0.15) is 12.2 Å². The third-order valence-corrected chi connectivity index (χ3v) is 5.98. The molecule has 3 aromatic carbocycles. The second-order valence-corrected chi connectivity index (χ2v) is 8.60. The highest BCUT2D eigenvalue weighted by molar-refractivity contribution is 6.39. The molecular formula is C25H17Cl3N2O5. The van der Waals surface area contributed by atoms with E-state index >= 15 is 0 Å². The van der Waals surface area contributed by atoms with Crippen LogP contribution >= 0.6 is 34.8 Å². The summed E-state index contributed by atoms with van der Waals surface area (Å²) in [4.78, 5) is 38.8. The zero-order valence-corrected chi connectivity index (χ0v) is 20.4. The second-order valence-electron chi connectivity index (χ2n) is 7.35. The zero-order valence-electron chi connectivity index (χ0n) is 18.2. The fourth-order valence-corrected chi connectivity index (χ4v) is 3.97. The Kier molecular flexibility index (Phi) is 7.31. The van der Waals surface area contributed by atoms with E-state index in [1.165, 1.54) is 43.5 Å².